The smallest absolute Gasteiger partial charge is 0.420 e. The van der Waals surface area contributed by atoms with Crippen LogP contribution in [0.2, 0.25) is 0 Å². The lowest BCUT2D eigenvalue weighted by atomic mass is 9.90. The van der Waals surface area contributed by atoms with E-state index in [-0.39, 0.29) is 35.3 Å². The van der Waals surface area contributed by atoms with Crippen LogP contribution in [0.3, 0.4) is 0 Å². The molecule has 0 saturated carbocycles. The normalized spacial score (nSPS) is 20.4. The molecule has 2 aliphatic rings. The van der Waals surface area contributed by atoms with E-state index in [2.05, 4.69) is 25.2 Å². The van der Waals surface area contributed by atoms with Crippen molar-refractivity contribution in [2.24, 2.45) is 0 Å². The van der Waals surface area contributed by atoms with E-state index in [1.807, 2.05) is 19.9 Å². The number of sulfone groups is 1. The molecule has 5 rings (SSSR count). The predicted molar refractivity (Wildman–Crippen MR) is 137 cm³/mol. The Hall–Kier alpha value is -3.18. The molecule has 0 unspecified atom stereocenters. The zero-order valence-electron chi connectivity index (χ0n) is 20.0. The summed E-state index contributed by atoms with van der Waals surface area (Å²) in [4.78, 5) is 15.5. The van der Waals surface area contributed by atoms with Gasteiger partial charge in [0.05, 0.1) is 28.9 Å². The number of nitrogens with zero attached hydrogens (tertiary/aromatic N) is 2. The van der Waals surface area contributed by atoms with Crippen molar-refractivity contribution in [2.45, 2.75) is 43.8 Å². The first-order chi connectivity index (χ1) is 17.4. The van der Waals surface area contributed by atoms with Gasteiger partial charge >= 0.3 is 5.57 Å². The van der Waals surface area contributed by atoms with Crippen LogP contribution in [0.15, 0.2) is 48.7 Å². The van der Waals surface area contributed by atoms with Gasteiger partial charge in [-0.2, -0.15) is 5.10 Å². The van der Waals surface area contributed by atoms with Crippen molar-refractivity contribution in [3.8, 4) is 17.0 Å². The summed E-state index contributed by atoms with van der Waals surface area (Å²) < 4.78 is 55.1. The van der Waals surface area contributed by atoms with Gasteiger partial charge in [0.25, 0.3) is 5.91 Å². The number of fused-ring (bicyclic) bond motifs is 3. The molecule has 1 fully saturated rings. The van der Waals surface area contributed by atoms with E-state index >= 15 is 0 Å². The second kappa shape index (κ2) is 9.29. The summed E-state index contributed by atoms with van der Waals surface area (Å²) in [6.07, 6.45) is 2.10. The van der Waals surface area contributed by atoms with Crippen LogP contribution in [0.5, 0.6) is 5.75 Å². The number of alkyl halides is 3. The van der Waals surface area contributed by atoms with Crippen LogP contribution in [-0.2, 0) is 9.84 Å². The van der Waals surface area contributed by atoms with Gasteiger partial charge in [-0.05, 0) is 68.3 Å². The summed E-state index contributed by atoms with van der Waals surface area (Å²) in [6, 6.07) is 10.6. The van der Waals surface area contributed by atoms with E-state index in [1.165, 1.54) is 24.3 Å². The molecular weight excluding hydrogens is 526 g/mol. The minimum Gasteiger partial charge on any atom is -0.420 e. The monoisotopic (exact) mass is 550 g/mol. The van der Waals surface area contributed by atoms with Crippen LogP contribution < -0.4 is 15.0 Å². The summed E-state index contributed by atoms with van der Waals surface area (Å²) in [5, 5.41) is 9.82. The highest BCUT2D eigenvalue weighted by Crippen LogP contribution is 2.51. The summed E-state index contributed by atoms with van der Waals surface area (Å²) in [7, 11) is -3.18. The first-order valence-corrected chi connectivity index (χ1v) is 14.0. The Morgan fingerprint density at radius 1 is 1.24 bits per heavy atom. The summed E-state index contributed by atoms with van der Waals surface area (Å²) in [5.74, 6) is -0.425. The number of carbonyl (C=O) groups is 1. The molecule has 1 saturated heterocycles. The first-order valence-electron chi connectivity index (χ1n) is 11.8. The molecule has 3 heterocycles. The maximum atomic E-state index is 13.3. The quantitative estimate of drug-likeness (QED) is 0.419. The highest BCUT2D eigenvalue weighted by atomic mass is 35.5. The Labute approximate surface area is 217 Å². The number of carbonyl (C=O) groups excluding carboxylic acids is 1. The molecule has 196 valence electrons. The van der Waals surface area contributed by atoms with Crippen LogP contribution in [0.25, 0.3) is 11.3 Å². The zero-order chi connectivity index (χ0) is 26.5. The van der Waals surface area contributed by atoms with E-state index in [1.54, 1.807) is 18.3 Å². The number of hydrogen-bond donors (Lipinski definition) is 2. The van der Waals surface area contributed by atoms with Gasteiger partial charge in [-0.25, -0.2) is 8.42 Å². The molecule has 2 atom stereocenters. The van der Waals surface area contributed by atoms with Crippen molar-refractivity contribution < 1.29 is 26.7 Å². The number of nitrogens with one attached hydrogen (secondary N) is 2. The topological polar surface area (TPSA) is 104 Å². The maximum Gasteiger partial charge on any atom is 0.487 e. The van der Waals surface area contributed by atoms with Crippen LogP contribution in [0, 0.1) is 0 Å². The van der Waals surface area contributed by atoms with Gasteiger partial charge in [-0.1, -0.05) is 0 Å². The van der Waals surface area contributed by atoms with E-state index in [9.17, 15) is 22.0 Å². The van der Waals surface area contributed by atoms with Crippen LogP contribution in [-0.4, -0.2) is 53.7 Å². The van der Waals surface area contributed by atoms with Gasteiger partial charge in [0, 0.05) is 46.6 Å². The number of aromatic nitrogens is 2. The largest absolute Gasteiger partial charge is 0.487 e. The Bertz CT molecular complexity index is 1420. The predicted octanol–water partition coefficient (Wildman–Crippen LogP) is 5.00. The molecule has 1 amide bonds. The average molecular weight is 551 g/mol. The second-order valence-electron chi connectivity index (χ2n) is 9.54. The minimum atomic E-state index is -3.83. The van der Waals surface area contributed by atoms with Gasteiger partial charge in [-0.15, -0.1) is 8.78 Å². The SMILES string of the molecule is CC(C)N1c2c(-c3ccn[nH]3)cc(C(=O)Nc3ccc(OC(F)(F)Cl)cc3)cc2[C@@H]2CCS(=O)(=O)C[C@@H]21. The summed E-state index contributed by atoms with van der Waals surface area (Å²) in [6.45, 7) is 4.05. The van der Waals surface area contributed by atoms with Gasteiger partial charge < -0.3 is 15.0 Å². The number of ether oxygens (including phenoxy) is 1. The van der Waals surface area contributed by atoms with Crippen molar-refractivity contribution in [2.75, 3.05) is 21.7 Å². The van der Waals surface area contributed by atoms with Crippen molar-refractivity contribution in [1.82, 2.24) is 10.2 Å². The number of rotatable bonds is 6. The van der Waals surface area contributed by atoms with Gasteiger partial charge in [0.1, 0.15) is 5.75 Å². The molecular formula is C25H25ClF2N4O4S. The van der Waals surface area contributed by atoms with Gasteiger partial charge in [0.15, 0.2) is 9.84 Å². The van der Waals surface area contributed by atoms with Crippen molar-refractivity contribution in [1.29, 1.82) is 0 Å². The highest BCUT2D eigenvalue weighted by molar-refractivity contribution is 7.91. The number of H-pyrrole nitrogens is 1. The fraction of sp³-hybridized carbons (Fsp3) is 0.360. The third kappa shape index (κ3) is 5.15. The Balaban J connectivity index is 1.52. The maximum absolute atomic E-state index is 13.3. The first kappa shape index (κ1) is 25.5. The second-order valence-corrected chi connectivity index (χ2v) is 12.2. The summed E-state index contributed by atoms with van der Waals surface area (Å²) >= 11 is 4.80. The fourth-order valence-corrected chi connectivity index (χ4v) is 7.10. The van der Waals surface area contributed by atoms with E-state index < -0.39 is 21.3 Å². The summed E-state index contributed by atoms with van der Waals surface area (Å²) in [5.41, 5.74) is 0.233. The molecule has 0 bridgehead atoms. The third-order valence-electron chi connectivity index (χ3n) is 6.74. The lowest BCUT2D eigenvalue weighted by Crippen LogP contribution is -2.47. The van der Waals surface area contributed by atoms with Crippen molar-refractivity contribution in [3.63, 3.8) is 0 Å². The molecule has 37 heavy (non-hydrogen) atoms. The van der Waals surface area contributed by atoms with E-state index in [0.717, 1.165) is 16.8 Å². The number of hydrogen-bond acceptors (Lipinski definition) is 6. The van der Waals surface area contributed by atoms with Crippen molar-refractivity contribution in [3.05, 3.63) is 59.8 Å². The number of benzene rings is 2. The van der Waals surface area contributed by atoms with E-state index in [0.29, 0.717) is 23.4 Å². The molecule has 2 aliphatic heterocycles. The lowest BCUT2D eigenvalue weighted by molar-refractivity contribution is -0.0964. The molecule has 2 N–H and O–H groups in total. The molecule has 0 radical (unpaired) electrons. The van der Waals surface area contributed by atoms with Gasteiger partial charge in [0.2, 0.25) is 0 Å². The van der Waals surface area contributed by atoms with Gasteiger partial charge in [-0.3, -0.25) is 9.89 Å². The number of halogens is 3. The zero-order valence-corrected chi connectivity index (χ0v) is 21.6. The molecule has 3 aromatic rings. The Morgan fingerprint density at radius 3 is 2.59 bits per heavy atom. The Morgan fingerprint density at radius 2 is 1.97 bits per heavy atom. The van der Waals surface area contributed by atoms with Crippen LogP contribution in [0.1, 0.15) is 42.1 Å². The Kier molecular flexibility index (Phi) is 6.39. The molecule has 0 spiro atoms. The standard InChI is InChI=1S/C25H25ClF2N4O4S/c1-14(2)32-22-13-37(34,35)10-8-18(22)19-11-15(12-20(23(19)32)21-7-9-29-31-21)24(33)30-16-3-5-17(6-4-16)36-25(26,27)28/h3-7,9,11-12,14,18,22H,8,10,13H2,1-2H3,(H,29,31)(H,30,33)/t18-,22-/m0/s1. The molecule has 0 aliphatic carbocycles. The molecule has 8 nitrogen and oxygen atoms in total. The molecule has 2 aromatic carbocycles. The average Bonchev–Trinajstić information content (AvgIpc) is 3.44. The van der Waals surface area contributed by atoms with Crippen molar-refractivity contribution >= 4 is 38.7 Å². The minimum absolute atomic E-state index is 0.0319. The lowest BCUT2D eigenvalue weighted by Gasteiger charge is -2.36. The number of anilines is 2. The van der Waals surface area contributed by atoms with Crippen LogP contribution >= 0.6 is 11.6 Å². The fourth-order valence-electron chi connectivity index (χ4n) is 5.32. The van der Waals surface area contributed by atoms with Crippen LogP contribution in [0.4, 0.5) is 20.2 Å². The highest BCUT2D eigenvalue weighted by Gasteiger charge is 2.46. The van der Waals surface area contributed by atoms with E-state index in [4.69, 9.17) is 11.6 Å². The third-order valence-corrected chi connectivity index (χ3v) is 8.52. The molecule has 1 aromatic heterocycles. The number of amides is 1. The number of aromatic amines is 1. The molecule has 12 heteroatoms.